The highest BCUT2D eigenvalue weighted by molar-refractivity contribution is 5.31. The Labute approximate surface area is 121 Å². The second kappa shape index (κ2) is 7.57. The lowest BCUT2D eigenvalue weighted by molar-refractivity contribution is 0.0231. The molecule has 2 rings (SSSR count). The Balaban J connectivity index is 1.82. The van der Waals surface area contributed by atoms with Gasteiger partial charge in [-0.25, -0.2) is 13.2 Å². The number of hydrogen-bond donors (Lipinski definition) is 0. The standard InChI is InChI=1S/C16H15F3O2/c17-15(16(18)19)11-21-14-8-6-13(7-9-14)20-10-12-4-2-1-3-5-12/h1-9,15-16H,10-11H2. The fourth-order valence-corrected chi connectivity index (χ4v) is 1.62. The van der Waals surface area contributed by atoms with Crippen LogP contribution in [0.1, 0.15) is 5.56 Å². The highest BCUT2D eigenvalue weighted by Gasteiger charge is 2.19. The van der Waals surface area contributed by atoms with E-state index in [1.54, 1.807) is 24.3 Å². The van der Waals surface area contributed by atoms with Crippen LogP contribution in [0, 0.1) is 0 Å². The molecule has 0 N–H and O–H groups in total. The molecule has 0 bridgehead atoms. The molecule has 0 fully saturated rings. The summed E-state index contributed by atoms with van der Waals surface area (Å²) in [5.41, 5.74) is 1.04. The zero-order valence-electron chi connectivity index (χ0n) is 11.2. The van der Waals surface area contributed by atoms with Crippen LogP contribution in [0.15, 0.2) is 54.6 Å². The van der Waals surface area contributed by atoms with Crippen LogP contribution >= 0.6 is 0 Å². The van der Waals surface area contributed by atoms with Crippen molar-refractivity contribution >= 4 is 0 Å². The van der Waals surface area contributed by atoms with E-state index >= 15 is 0 Å². The summed E-state index contributed by atoms with van der Waals surface area (Å²) in [6.07, 6.45) is -5.31. The van der Waals surface area contributed by atoms with Gasteiger partial charge in [0.05, 0.1) is 0 Å². The van der Waals surface area contributed by atoms with Crippen molar-refractivity contribution in [3.05, 3.63) is 60.2 Å². The molecule has 0 saturated heterocycles. The number of halogens is 3. The van der Waals surface area contributed by atoms with E-state index < -0.39 is 19.2 Å². The van der Waals surface area contributed by atoms with Crippen molar-refractivity contribution in [2.75, 3.05) is 6.61 Å². The number of alkyl halides is 3. The number of ether oxygens (including phenoxy) is 2. The Morgan fingerprint density at radius 1 is 0.762 bits per heavy atom. The van der Waals surface area contributed by atoms with Crippen LogP contribution < -0.4 is 9.47 Å². The molecule has 2 nitrogen and oxygen atoms in total. The number of benzene rings is 2. The van der Waals surface area contributed by atoms with E-state index in [1.165, 1.54) is 0 Å². The molecule has 0 heterocycles. The van der Waals surface area contributed by atoms with Crippen molar-refractivity contribution in [1.82, 2.24) is 0 Å². The van der Waals surface area contributed by atoms with E-state index in [-0.39, 0.29) is 0 Å². The van der Waals surface area contributed by atoms with Crippen LogP contribution in [-0.4, -0.2) is 19.2 Å². The minimum absolute atomic E-state index is 0.324. The summed E-state index contributed by atoms with van der Waals surface area (Å²) < 4.78 is 47.2. The third kappa shape index (κ3) is 5.02. The third-order valence-electron chi connectivity index (χ3n) is 2.75. The summed E-state index contributed by atoms with van der Waals surface area (Å²) in [6.45, 7) is -0.235. The molecule has 0 aromatic heterocycles. The molecular weight excluding hydrogens is 281 g/mol. The van der Waals surface area contributed by atoms with Gasteiger partial charge in [0.25, 0.3) is 6.43 Å². The molecule has 1 atom stereocenters. The molecule has 0 radical (unpaired) electrons. The van der Waals surface area contributed by atoms with E-state index in [1.807, 2.05) is 30.3 Å². The SMILES string of the molecule is FC(F)C(F)COc1ccc(OCc2ccccc2)cc1. The predicted octanol–water partition coefficient (Wildman–Crippen LogP) is 4.25. The number of rotatable bonds is 7. The summed E-state index contributed by atoms with van der Waals surface area (Å²) in [5.74, 6) is 0.947. The molecule has 0 aliphatic carbocycles. The summed E-state index contributed by atoms with van der Waals surface area (Å²) in [5, 5.41) is 0. The quantitative estimate of drug-likeness (QED) is 0.760. The molecule has 0 aliphatic rings. The minimum atomic E-state index is -3.03. The van der Waals surface area contributed by atoms with E-state index in [9.17, 15) is 13.2 Å². The van der Waals surface area contributed by atoms with Gasteiger partial charge in [-0.2, -0.15) is 0 Å². The fourth-order valence-electron chi connectivity index (χ4n) is 1.62. The van der Waals surface area contributed by atoms with Crippen molar-refractivity contribution in [2.24, 2.45) is 0 Å². The first-order valence-corrected chi connectivity index (χ1v) is 6.47. The second-order valence-corrected chi connectivity index (χ2v) is 4.41. The van der Waals surface area contributed by atoms with Crippen LogP contribution in [0.4, 0.5) is 13.2 Å². The van der Waals surface area contributed by atoms with Gasteiger partial charge in [-0.05, 0) is 29.8 Å². The topological polar surface area (TPSA) is 18.5 Å². The molecule has 0 amide bonds. The molecule has 0 saturated carbocycles. The molecule has 5 heteroatoms. The van der Waals surface area contributed by atoms with E-state index in [2.05, 4.69) is 0 Å². The van der Waals surface area contributed by atoms with Gasteiger partial charge >= 0.3 is 0 Å². The van der Waals surface area contributed by atoms with Gasteiger partial charge in [0.1, 0.15) is 24.7 Å². The van der Waals surface area contributed by atoms with Crippen molar-refractivity contribution in [2.45, 2.75) is 19.2 Å². The molecule has 0 spiro atoms. The summed E-state index contributed by atoms with van der Waals surface area (Å²) >= 11 is 0. The summed E-state index contributed by atoms with van der Waals surface area (Å²) in [4.78, 5) is 0. The predicted molar refractivity (Wildman–Crippen MR) is 73.6 cm³/mol. The zero-order valence-corrected chi connectivity index (χ0v) is 11.2. The molecule has 0 aliphatic heterocycles. The van der Waals surface area contributed by atoms with Crippen molar-refractivity contribution < 1.29 is 22.6 Å². The van der Waals surface area contributed by atoms with Crippen molar-refractivity contribution in [3.63, 3.8) is 0 Å². The smallest absolute Gasteiger partial charge is 0.272 e. The normalized spacial score (nSPS) is 12.2. The second-order valence-electron chi connectivity index (χ2n) is 4.41. The summed E-state index contributed by atoms with van der Waals surface area (Å²) in [6, 6.07) is 16.1. The molecular formula is C16H15F3O2. The first-order valence-electron chi connectivity index (χ1n) is 6.47. The maximum atomic E-state index is 12.7. The van der Waals surface area contributed by atoms with E-state index in [4.69, 9.17) is 9.47 Å². The van der Waals surface area contributed by atoms with Crippen LogP contribution in [0.5, 0.6) is 11.5 Å². The molecule has 2 aromatic carbocycles. The largest absolute Gasteiger partial charge is 0.490 e. The fraction of sp³-hybridized carbons (Fsp3) is 0.250. The minimum Gasteiger partial charge on any atom is -0.490 e. The van der Waals surface area contributed by atoms with E-state index in [0.29, 0.717) is 18.1 Å². The Morgan fingerprint density at radius 3 is 1.90 bits per heavy atom. The van der Waals surface area contributed by atoms with Gasteiger partial charge in [-0.1, -0.05) is 30.3 Å². The van der Waals surface area contributed by atoms with Crippen LogP contribution in [0.3, 0.4) is 0 Å². The van der Waals surface area contributed by atoms with Gasteiger partial charge in [0, 0.05) is 0 Å². The van der Waals surface area contributed by atoms with Crippen LogP contribution in [0.2, 0.25) is 0 Å². The lowest BCUT2D eigenvalue weighted by Crippen LogP contribution is -2.20. The van der Waals surface area contributed by atoms with Gasteiger partial charge in [-0.3, -0.25) is 0 Å². The first-order chi connectivity index (χ1) is 10.1. The van der Waals surface area contributed by atoms with Crippen molar-refractivity contribution in [3.8, 4) is 11.5 Å². The highest BCUT2D eigenvalue weighted by Crippen LogP contribution is 2.19. The van der Waals surface area contributed by atoms with Gasteiger partial charge in [0.15, 0.2) is 6.17 Å². The average Bonchev–Trinajstić information content (AvgIpc) is 2.52. The maximum Gasteiger partial charge on any atom is 0.272 e. The maximum absolute atomic E-state index is 12.7. The van der Waals surface area contributed by atoms with Crippen LogP contribution in [-0.2, 0) is 6.61 Å². The zero-order chi connectivity index (χ0) is 15.1. The van der Waals surface area contributed by atoms with Gasteiger partial charge < -0.3 is 9.47 Å². The number of hydrogen-bond acceptors (Lipinski definition) is 2. The monoisotopic (exact) mass is 296 g/mol. The van der Waals surface area contributed by atoms with Gasteiger partial charge in [0.2, 0.25) is 0 Å². The third-order valence-corrected chi connectivity index (χ3v) is 2.75. The van der Waals surface area contributed by atoms with Crippen molar-refractivity contribution in [1.29, 1.82) is 0 Å². The molecule has 21 heavy (non-hydrogen) atoms. The molecule has 1 unspecified atom stereocenters. The first kappa shape index (κ1) is 15.2. The lowest BCUT2D eigenvalue weighted by atomic mass is 10.2. The lowest BCUT2D eigenvalue weighted by Gasteiger charge is -2.10. The average molecular weight is 296 g/mol. The van der Waals surface area contributed by atoms with E-state index in [0.717, 1.165) is 5.56 Å². The molecule has 2 aromatic rings. The highest BCUT2D eigenvalue weighted by atomic mass is 19.3. The Morgan fingerprint density at radius 2 is 1.33 bits per heavy atom. The van der Waals surface area contributed by atoms with Gasteiger partial charge in [-0.15, -0.1) is 0 Å². The molecule has 112 valence electrons. The Hall–Kier alpha value is -2.17. The van der Waals surface area contributed by atoms with Crippen LogP contribution in [0.25, 0.3) is 0 Å². The Kier molecular flexibility index (Phi) is 5.49. The summed E-state index contributed by atoms with van der Waals surface area (Å²) in [7, 11) is 0. The Bertz CT molecular complexity index is 529.